The van der Waals surface area contributed by atoms with Crippen molar-refractivity contribution in [3.05, 3.63) is 24.8 Å². The summed E-state index contributed by atoms with van der Waals surface area (Å²) in [5.41, 5.74) is 0. The lowest BCUT2D eigenvalue weighted by Crippen LogP contribution is -2.17. The maximum atomic E-state index is 3.61. The molecule has 1 heteroatoms. The third kappa shape index (κ3) is 7.70. The van der Waals surface area contributed by atoms with Gasteiger partial charge in [0, 0.05) is 8.07 Å². The second kappa shape index (κ2) is 3.67. The molecule has 0 saturated carbocycles. The lowest BCUT2D eigenvalue weighted by molar-refractivity contribution is 1.51. The van der Waals surface area contributed by atoms with E-state index in [1.165, 1.54) is 6.04 Å². The van der Waals surface area contributed by atoms with Crippen LogP contribution in [0, 0.1) is 0 Å². The van der Waals surface area contributed by atoms with Crippen molar-refractivity contribution >= 4 is 8.07 Å². The normalized spacial score (nSPS) is 12.3. The van der Waals surface area contributed by atoms with Crippen LogP contribution < -0.4 is 0 Å². The number of hydrogen-bond donors (Lipinski definition) is 0. The zero-order valence-electron chi connectivity index (χ0n) is 6.65. The Bertz CT molecular complexity index is 106. The van der Waals surface area contributed by atoms with E-state index >= 15 is 0 Å². The Hall–Kier alpha value is -0.303. The quantitative estimate of drug-likeness (QED) is 0.417. The van der Waals surface area contributed by atoms with Gasteiger partial charge in [-0.15, -0.1) is 0 Å². The molecule has 0 unspecified atom stereocenters. The van der Waals surface area contributed by atoms with Crippen molar-refractivity contribution in [3.63, 3.8) is 0 Å². The smallest absolute Gasteiger partial charge is 0.0480 e. The minimum atomic E-state index is -0.829. The monoisotopic (exact) mass is 140 g/mol. The Labute approximate surface area is 59.3 Å². The summed E-state index contributed by atoms with van der Waals surface area (Å²) in [4.78, 5) is 0. The van der Waals surface area contributed by atoms with Gasteiger partial charge in [0.15, 0.2) is 0 Å². The Kier molecular flexibility index (Phi) is 3.55. The van der Waals surface area contributed by atoms with Gasteiger partial charge in [0.1, 0.15) is 0 Å². The molecule has 0 aliphatic carbocycles. The number of hydrogen-bond acceptors (Lipinski definition) is 0. The predicted molar refractivity (Wildman–Crippen MR) is 47.5 cm³/mol. The van der Waals surface area contributed by atoms with Crippen LogP contribution >= 0.6 is 0 Å². The molecule has 0 rings (SSSR count). The molecule has 0 amide bonds. The Balaban J connectivity index is 3.50. The topological polar surface area (TPSA) is 0 Å². The summed E-state index contributed by atoms with van der Waals surface area (Å²) in [6, 6.07) is 1.26. The van der Waals surface area contributed by atoms with E-state index in [2.05, 4.69) is 32.3 Å². The maximum absolute atomic E-state index is 3.61. The molecular weight excluding hydrogens is 124 g/mol. The van der Waals surface area contributed by atoms with E-state index in [0.717, 1.165) is 0 Å². The SMILES string of the molecule is C=C/C=C\C[Si](C)(C)C. The third-order valence-electron chi connectivity index (χ3n) is 1.00. The van der Waals surface area contributed by atoms with Crippen molar-refractivity contribution < 1.29 is 0 Å². The fourth-order valence-corrected chi connectivity index (χ4v) is 1.36. The second-order valence-electron chi connectivity index (χ2n) is 3.43. The lowest BCUT2D eigenvalue weighted by atomic mass is 10.5. The van der Waals surface area contributed by atoms with E-state index in [4.69, 9.17) is 0 Å². The molecule has 0 nitrogen and oxygen atoms in total. The molecule has 0 saturated heterocycles. The summed E-state index contributed by atoms with van der Waals surface area (Å²) in [5.74, 6) is 0. The van der Waals surface area contributed by atoms with E-state index in [1.54, 1.807) is 0 Å². The van der Waals surface area contributed by atoms with Gasteiger partial charge in [0.05, 0.1) is 0 Å². The molecule has 0 aliphatic heterocycles. The van der Waals surface area contributed by atoms with Crippen molar-refractivity contribution in [2.24, 2.45) is 0 Å². The molecule has 0 spiro atoms. The van der Waals surface area contributed by atoms with E-state index in [9.17, 15) is 0 Å². The highest BCUT2D eigenvalue weighted by molar-refractivity contribution is 6.76. The largest absolute Gasteiger partial charge is 0.0991 e. The standard InChI is InChI=1S/C8H16Si/c1-5-6-7-8-9(2,3)4/h5-7H,1,8H2,2-4H3/b7-6-. The molecule has 52 valence electrons. The first-order chi connectivity index (χ1) is 4.06. The van der Waals surface area contributed by atoms with Gasteiger partial charge in [-0.25, -0.2) is 0 Å². The Morgan fingerprint density at radius 1 is 1.33 bits per heavy atom. The minimum Gasteiger partial charge on any atom is -0.0991 e. The van der Waals surface area contributed by atoms with Gasteiger partial charge < -0.3 is 0 Å². The van der Waals surface area contributed by atoms with Gasteiger partial charge in [-0.3, -0.25) is 0 Å². The van der Waals surface area contributed by atoms with Crippen LogP contribution in [-0.2, 0) is 0 Å². The van der Waals surface area contributed by atoms with Crippen LogP contribution in [0.25, 0.3) is 0 Å². The molecule has 0 aromatic carbocycles. The molecule has 0 fully saturated rings. The zero-order chi connectivity index (χ0) is 7.33. The van der Waals surface area contributed by atoms with E-state index in [-0.39, 0.29) is 0 Å². The van der Waals surface area contributed by atoms with Crippen LogP contribution in [0.5, 0.6) is 0 Å². The molecule has 0 bridgehead atoms. The third-order valence-corrected chi connectivity index (χ3v) is 2.46. The molecule has 0 aromatic heterocycles. The van der Waals surface area contributed by atoms with E-state index < -0.39 is 8.07 Å². The van der Waals surface area contributed by atoms with Crippen LogP contribution in [0.15, 0.2) is 24.8 Å². The van der Waals surface area contributed by atoms with Crippen LogP contribution in [0.2, 0.25) is 25.7 Å². The van der Waals surface area contributed by atoms with Crippen molar-refractivity contribution in [2.45, 2.75) is 25.7 Å². The van der Waals surface area contributed by atoms with Gasteiger partial charge in [-0.1, -0.05) is 44.4 Å². The second-order valence-corrected chi connectivity index (χ2v) is 8.96. The zero-order valence-corrected chi connectivity index (χ0v) is 7.65. The average Bonchev–Trinajstić information content (AvgIpc) is 1.63. The molecule has 0 atom stereocenters. The van der Waals surface area contributed by atoms with Crippen LogP contribution in [-0.4, -0.2) is 8.07 Å². The summed E-state index contributed by atoms with van der Waals surface area (Å²) in [7, 11) is -0.829. The summed E-state index contributed by atoms with van der Waals surface area (Å²) in [6.07, 6.45) is 6.07. The average molecular weight is 140 g/mol. The molecule has 0 aromatic rings. The first-order valence-corrected chi connectivity index (χ1v) is 7.04. The van der Waals surface area contributed by atoms with Gasteiger partial charge in [-0.05, 0) is 6.04 Å². The molecule has 0 radical (unpaired) electrons. The molecule has 9 heavy (non-hydrogen) atoms. The summed E-state index contributed by atoms with van der Waals surface area (Å²) >= 11 is 0. The highest BCUT2D eigenvalue weighted by atomic mass is 28.3. The highest BCUT2D eigenvalue weighted by Gasteiger charge is 2.08. The lowest BCUT2D eigenvalue weighted by Gasteiger charge is -2.10. The summed E-state index contributed by atoms with van der Waals surface area (Å²) < 4.78 is 0. The molecular formula is C8H16Si. The predicted octanol–water partition coefficient (Wildman–Crippen LogP) is 3.07. The Morgan fingerprint density at radius 2 is 1.89 bits per heavy atom. The van der Waals surface area contributed by atoms with Gasteiger partial charge in [0.2, 0.25) is 0 Å². The van der Waals surface area contributed by atoms with Crippen molar-refractivity contribution in [1.29, 1.82) is 0 Å². The first-order valence-electron chi connectivity index (χ1n) is 3.34. The van der Waals surface area contributed by atoms with Gasteiger partial charge in [-0.2, -0.15) is 0 Å². The van der Waals surface area contributed by atoms with Crippen LogP contribution in [0.4, 0.5) is 0 Å². The van der Waals surface area contributed by atoms with Crippen molar-refractivity contribution in [2.75, 3.05) is 0 Å². The molecule has 0 heterocycles. The highest BCUT2D eigenvalue weighted by Crippen LogP contribution is 2.07. The summed E-state index contributed by atoms with van der Waals surface area (Å²) in [5, 5.41) is 0. The van der Waals surface area contributed by atoms with Crippen LogP contribution in [0.3, 0.4) is 0 Å². The number of rotatable bonds is 3. The van der Waals surface area contributed by atoms with Gasteiger partial charge in [0.25, 0.3) is 0 Å². The molecule has 0 N–H and O–H groups in total. The fourth-order valence-electron chi connectivity index (χ4n) is 0.518. The van der Waals surface area contributed by atoms with Gasteiger partial charge >= 0.3 is 0 Å². The molecule has 0 aliphatic rings. The first kappa shape index (κ1) is 8.70. The Morgan fingerprint density at radius 3 is 2.22 bits per heavy atom. The van der Waals surface area contributed by atoms with E-state index in [0.29, 0.717) is 0 Å². The fraction of sp³-hybridized carbons (Fsp3) is 0.500. The summed E-state index contributed by atoms with van der Waals surface area (Å²) in [6.45, 7) is 10.7. The van der Waals surface area contributed by atoms with Crippen LogP contribution in [0.1, 0.15) is 0 Å². The number of allylic oxidation sites excluding steroid dienone is 3. The minimum absolute atomic E-state index is 0.829. The van der Waals surface area contributed by atoms with Crippen molar-refractivity contribution in [1.82, 2.24) is 0 Å². The van der Waals surface area contributed by atoms with E-state index in [1.807, 2.05) is 12.2 Å². The van der Waals surface area contributed by atoms with Crippen molar-refractivity contribution in [3.8, 4) is 0 Å². The maximum Gasteiger partial charge on any atom is 0.0480 e.